The van der Waals surface area contributed by atoms with Crippen molar-refractivity contribution in [1.82, 2.24) is 0 Å². The lowest BCUT2D eigenvalue weighted by molar-refractivity contribution is 0.100. The molecule has 0 radical (unpaired) electrons. The van der Waals surface area contributed by atoms with Crippen LogP contribution in [-0.4, -0.2) is 12.5 Å². The van der Waals surface area contributed by atoms with Gasteiger partial charge in [0.15, 0.2) is 0 Å². The Labute approximate surface area is 123 Å². The molecule has 0 atom stereocenters. The number of nitrogen functional groups attached to an aromatic ring is 1. The van der Waals surface area contributed by atoms with Gasteiger partial charge in [0.2, 0.25) is 5.91 Å². The molecule has 0 unspecified atom stereocenters. The number of para-hydroxylation sites is 1. The molecule has 5 heteroatoms. The number of carbonyl (C=O) groups is 1. The van der Waals surface area contributed by atoms with Gasteiger partial charge in [0, 0.05) is 24.3 Å². The van der Waals surface area contributed by atoms with E-state index in [9.17, 15) is 9.18 Å². The van der Waals surface area contributed by atoms with Gasteiger partial charge < -0.3 is 16.4 Å². The number of anilines is 2. The van der Waals surface area contributed by atoms with Crippen molar-refractivity contribution in [2.75, 3.05) is 17.2 Å². The van der Waals surface area contributed by atoms with Crippen molar-refractivity contribution in [2.24, 2.45) is 5.73 Å². The third-order valence-electron chi connectivity index (χ3n) is 3.37. The van der Waals surface area contributed by atoms with Gasteiger partial charge in [0.25, 0.3) is 0 Å². The highest BCUT2D eigenvalue weighted by molar-refractivity contribution is 5.93. The number of rotatable bonds is 5. The Morgan fingerprint density at radius 2 is 1.95 bits per heavy atom. The fraction of sp³-hybridized carbons (Fsp3) is 0.188. The normalized spacial score (nSPS) is 10.4. The molecule has 4 nitrogen and oxygen atoms in total. The Kier molecular flexibility index (Phi) is 4.42. The van der Waals surface area contributed by atoms with Crippen molar-refractivity contribution in [3.8, 4) is 0 Å². The van der Waals surface area contributed by atoms with Gasteiger partial charge in [0.05, 0.1) is 5.69 Å². The topological polar surface area (TPSA) is 72.3 Å². The van der Waals surface area contributed by atoms with Crippen molar-refractivity contribution in [1.29, 1.82) is 0 Å². The maximum atomic E-state index is 13.9. The summed E-state index contributed by atoms with van der Waals surface area (Å²) in [5.74, 6) is -0.790. The van der Waals surface area contributed by atoms with Crippen LogP contribution in [0.1, 0.15) is 22.8 Å². The second-order valence-electron chi connectivity index (χ2n) is 4.74. The van der Waals surface area contributed by atoms with E-state index in [0.717, 1.165) is 5.56 Å². The lowest BCUT2D eigenvalue weighted by atomic mass is 10.1. The van der Waals surface area contributed by atoms with E-state index in [4.69, 9.17) is 11.5 Å². The van der Waals surface area contributed by atoms with Crippen molar-refractivity contribution in [2.45, 2.75) is 13.5 Å². The number of hydrogen-bond acceptors (Lipinski definition) is 3. The fourth-order valence-electron chi connectivity index (χ4n) is 2.17. The summed E-state index contributed by atoms with van der Waals surface area (Å²) in [6.45, 7) is 3.04. The van der Waals surface area contributed by atoms with E-state index in [1.807, 2.05) is 11.8 Å². The van der Waals surface area contributed by atoms with Crippen LogP contribution in [0.25, 0.3) is 0 Å². The summed E-state index contributed by atoms with van der Waals surface area (Å²) in [4.78, 5) is 13.0. The second kappa shape index (κ2) is 6.26. The molecule has 2 aromatic carbocycles. The molecule has 0 fully saturated rings. The maximum absolute atomic E-state index is 13.9. The summed E-state index contributed by atoms with van der Waals surface area (Å²) in [7, 11) is 0. The molecule has 0 aromatic heterocycles. The Balaban J connectivity index is 2.27. The molecule has 2 aromatic rings. The van der Waals surface area contributed by atoms with Crippen molar-refractivity contribution >= 4 is 17.3 Å². The molecule has 0 aliphatic rings. The number of nitrogens with zero attached hydrogens (tertiary/aromatic N) is 1. The maximum Gasteiger partial charge on any atom is 0.248 e. The number of hydrogen-bond donors (Lipinski definition) is 2. The Hall–Kier alpha value is -2.56. The zero-order chi connectivity index (χ0) is 15.4. The van der Waals surface area contributed by atoms with Crippen LogP contribution in [-0.2, 0) is 6.54 Å². The minimum Gasteiger partial charge on any atom is -0.398 e. The van der Waals surface area contributed by atoms with Crippen LogP contribution in [0.3, 0.4) is 0 Å². The molecule has 0 heterocycles. The van der Waals surface area contributed by atoms with E-state index in [1.165, 1.54) is 6.07 Å². The molecule has 0 saturated carbocycles. The molecule has 0 saturated heterocycles. The molecule has 0 spiro atoms. The quantitative estimate of drug-likeness (QED) is 0.830. The van der Waals surface area contributed by atoms with E-state index < -0.39 is 5.91 Å². The van der Waals surface area contributed by atoms with Crippen LogP contribution in [0.15, 0.2) is 42.5 Å². The van der Waals surface area contributed by atoms with Gasteiger partial charge in [-0.15, -0.1) is 0 Å². The summed E-state index contributed by atoms with van der Waals surface area (Å²) in [5.41, 5.74) is 13.4. The summed E-state index contributed by atoms with van der Waals surface area (Å²) in [6, 6.07) is 11.5. The zero-order valence-electron chi connectivity index (χ0n) is 11.8. The molecule has 2 rings (SSSR count). The van der Waals surface area contributed by atoms with Crippen LogP contribution in [0, 0.1) is 5.82 Å². The third kappa shape index (κ3) is 3.31. The predicted molar refractivity (Wildman–Crippen MR) is 82.5 cm³/mol. The summed E-state index contributed by atoms with van der Waals surface area (Å²) in [6.07, 6.45) is 0. The first-order chi connectivity index (χ1) is 10.0. The van der Waals surface area contributed by atoms with E-state index in [0.29, 0.717) is 30.0 Å². The van der Waals surface area contributed by atoms with Gasteiger partial charge in [-0.05, 0) is 36.8 Å². The summed E-state index contributed by atoms with van der Waals surface area (Å²) < 4.78 is 13.9. The highest BCUT2D eigenvalue weighted by atomic mass is 19.1. The van der Waals surface area contributed by atoms with Crippen LogP contribution in [0.2, 0.25) is 0 Å². The first-order valence-corrected chi connectivity index (χ1v) is 6.70. The lowest BCUT2D eigenvalue weighted by Crippen LogP contribution is -2.24. The van der Waals surface area contributed by atoms with E-state index in [1.54, 1.807) is 36.4 Å². The fourth-order valence-corrected chi connectivity index (χ4v) is 2.17. The highest BCUT2D eigenvalue weighted by Crippen LogP contribution is 2.23. The molecule has 1 amide bonds. The van der Waals surface area contributed by atoms with Gasteiger partial charge in [-0.25, -0.2) is 4.39 Å². The molecule has 0 bridgehead atoms. The van der Waals surface area contributed by atoms with E-state index >= 15 is 0 Å². The standard InChI is InChI=1S/C16H18FN3O/c1-2-20(15-6-4-3-5-13(15)17)10-12-8-7-11(16(19)21)9-14(12)18/h3-9H,2,10,18H2,1H3,(H2,19,21). The van der Waals surface area contributed by atoms with Gasteiger partial charge in [0.1, 0.15) is 5.82 Å². The SMILES string of the molecule is CCN(Cc1ccc(C(N)=O)cc1N)c1ccccc1F. The van der Waals surface area contributed by atoms with Gasteiger partial charge in [-0.3, -0.25) is 4.79 Å². The highest BCUT2D eigenvalue weighted by Gasteiger charge is 2.12. The Bertz CT molecular complexity index is 658. The average molecular weight is 287 g/mol. The van der Waals surface area contributed by atoms with Crippen LogP contribution >= 0.6 is 0 Å². The monoisotopic (exact) mass is 287 g/mol. The minimum absolute atomic E-state index is 0.272. The number of primary amides is 1. The first kappa shape index (κ1) is 14.8. The van der Waals surface area contributed by atoms with Crippen molar-refractivity contribution < 1.29 is 9.18 Å². The molecule has 0 aliphatic carbocycles. The lowest BCUT2D eigenvalue weighted by Gasteiger charge is -2.24. The Morgan fingerprint density at radius 1 is 1.24 bits per heavy atom. The van der Waals surface area contributed by atoms with Crippen molar-refractivity contribution in [3.63, 3.8) is 0 Å². The van der Waals surface area contributed by atoms with Gasteiger partial charge >= 0.3 is 0 Å². The number of carbonyl (C=O) groups excluding carboxylic acids is 1. The zero-order valence-corrected chi connectivity index (χ0v) is 11.8. The molecular weight excluding hydrogens is 269 g/mol. The molecule has 4 N–H and O–H groups in total. The average Bonchev–Trinajstić information content (AvgIpc) is 2.47. The second-order valence-corrected chi connectivity index (χ2v) is 4.74. The molecule has 110 valence electrons. The van der Waals surface area contributed by atoms with E-state index in [-0.39, 0.29) is 5.82 Å². The molecular formula is C16H18FN3O. The third-order valence-corrected chi connectivity index (χ3v) is 3.37. The van der Waals surface area contributed by atoms with Crippen LogP contribution < -0.4 is 16.4 Å². The van der Waals surface area contributed by atoms with Crippen LogP contribution in [0.5, 0.6) is 0 Å². The van der Waals surface area contributed by atoms with E-state index in [2.05, 4.69) is 0 Å². The smallest absolute Gasteiger partial charge is 0.248 e. The van der Waals surface area contributed by atoms with Crippen LogP contribution in [0.4, 0.5) is 15.8 Å². The number of halogens is 1. The number of benzene rings is 2. The van der Waals surface area contributed by atoms with Crippen molar-refractivity contribution in [3.05, 3.63) is 59.4 Å². The van der Waals surface area contributed by atoms with Gasteiger partial charge in [-0.1, -0.05) is 18.2 Å². The predicted octanol–water partition coefficient (Wildman–Crippen LogP) is 2.53. The number of amides is 1. The largest absolute Gasteiger partial charge is 0.398 e. The number of nitrogens with two attached hydrogens (primary N) is 2. The van der Waals surface area contributed by atoms with Gasteiger partial charge in [-0.2, -0.15) is 0 Å². The summed E-state index contributed by atoms with van der Waals surface area (Å²) >= 11 is 0. The summed E-state index contributed by atoms with van der Waals surface area (Å²) in [5, 5.41) is 0. The minimum atomic E-state index is -0.519. The molecule has 21 heavy (non-hydrogen) atoms. The molecule has 0 aliphatic heterocycles. The first-order valence-electron chi connectivity index (χ1n) is 6.70. The Morgan fingerprint density at radius 3 is 2.52 bits per heavy atom.